The Morgan fingerprint density at radius 3 is 2.46 bits per heavy atom. The maximum absolute atomic E-state index is 13.2. The van der Waals surface area contributed by atoms with Crippen molar-refractivity contribution in [1.82, 2.24) is 5.01 Å². The number of hydrazine groups is 1. The molecule has 0 unspecified atom stereocenters. The summed E-state index contributed by atoms with van der Waals surface area (Å²) in [5.74, 6) is -0.0802. The predicted octanol–water partition coefficient (Wildman–Crippen LogP) is 5.17. The first-order valence-corrected chi connectivity index (χ1v) is 9.86. The quantitative estimate of drug-likeness (QED) is 0.417. The van der Waals surface area contributed by atoms with Gasteiger partial charge in [-0.3, -0.25) is 19.9 Å². The number of amides is 1. The van der Waals surface area contributed by atoms with E-state index < -0.39 is 0 Å². The van der Waals surface area contributed by atoms with E-state index in [1.165, 1.54) is 6.07 Å². The van der Waals surface area contributed by atoms with Gasteiger partial charge in [-0.15, -0.1) is 0 Å². The van der Waals surface area contributed by atoms with E-state index in [4.69, 9.17) is 0 Å². The maximum atomic E-state index is 13.2. The zero-order valence-electron chi connectivity index (χ0n) is 15.0. The van der Waals surface area contributed by atoms with Gasteiger partial charge in [0.25, 0.3) is 11.6 Å². The highest BCUT2D eigenvalue weighted by Crippen LogP contribution is 2.35. The van der Waals surface area contributed by atoms with Crippen LogP contribution in [0.25, 0.3) is 10.8 Å². The lowest BCUT2D eigenvalue weighted by molar-refractivity contribution is -0.383. The van der Waals surface area contributed by atoms with Crippen molar-refractivity contribution in [3.05, 3.63) is 80.8 Å². The third kappa shape index (κ3) is 3.33. The number of nitro benzene ring substituents is 1. The van der Waals surface area contributed by atoms with Crippen molar-refractivity contribution in [3.8, 4) is 0 Å². The third-order valence-electron chi connectivity index (χ3n) is 4.94. The summed E-state index contributed by atoms with van der Waals surface area (Å²) >= 11 is 3.42. The summed E-state index contributed by atoms with van der Waals surface area (Å²) in [4.78, 5) is 24.2. The smallest absolute Gasteiger partial charge is 0.277 e. The van der Waals surface area contributed by atoms with E-state index in [1.807, 2.05) is 35.3 Å². The average Bonchev–Trinajstić information content (AvgIpc) is 2.72. The molecule has 4 rings (SSSR count). The van der Waals surface area contributed by atoms with Crippen LogP contribution in [-0.4, -0.2) is 28.9 Å². The van der Waals surface area contributed by atoms with E-state index in [0.717, 1.165) is 28.4 Å². The van der Waals surface area contributed by atoms with Gasteiger partial charge in [0.05, 0.1) is 16.0 Å². The Morgan fingerprint density at radius 1 is 0.964 bits per heavy atom. The summed E-state index contributed by atoms with van der Waals surface area (Å²) in [6.07, 6.45) is 1.87. The number of hydrogen-bond acceptors (Lipinski definition) is 4. The summed E-state index contributed by atoms with van der Waals surface area (Å²) in [6.45, 7) is 1.29. The number of rotatable bonds is 3. The first-order chi connectivity index (χ1) is 13.6. The zero-order valence-corrected chi connectivity index (χ0v) is 16.6. The van der Waals surface area contributed by atoms with Gasteiger partial charge in [-0.05, 0) is 43.2 Å². The number of halogens is 1. The Hall–Kier alpha value is -2.93. The molecule has 28 heavy (non-hydrogen) atoms. The second-order valence-corrected chi connectivity index (χ2v) is 7.59. The molecule has 0 atom stereocenters. The molecule has 1 saturated heterocycles. The van der Waals surface area contributed by atoms with Gasteiger partial charge in [-0.25, -0.2) is 5.01 Å². The van der Waals surface area contributed by atoms with Crippen molar-refractivity contribution in [1.29, 1.82) is 0 Å². The maximum Gasteiger partial charge on any atom is 0.277 e. The minimum atomic E-state index is -0.368. The molecule has 1 amide bonds. The number of benzene rings is 3. The monoisotopic (exact) mass is 439 g/mol. The lowest BCUT2D eigenvalue weighted by Gasteiger charge is -2.40. The van der Waals surface area contributed by atoms with E-state index in [2.05, 4.69) is 15.9 Å². The van der Waals surface area contributed by atoms with Crippen molar-refractivity contribution in [2.75, 3.05) is 18.1 Å². The average molecular weight is 440 g/mol. The molecule has 0 aliphatic carbocycles. The Bertz CT molecular complexity index is 1070. The van der Waals surface area contributed by atoms with Gasteiger partial charge in [-0.2, -0.15) is 0 Å². The van der Waals surface area contributed by atoms with Crippen molar-refractivity contribution >= 4 is 44.0 Å². The van der Waals surface area contributed by atoms with Crippen molar-refractivity contribution in [2.45, 2.75) is 12.8 Å². The van der Waals surface area contributed by atoms with E-state index in [0.29, 0.717) is 24.0 Å². The van der Waals surface area contributed by atoms with Crippen LogP contribution < -0.4 is 5.01 Å². The van der Waals surface area contributed by atoms with Gasteiger partial charge >= 0.3 is 0 Å². The topological polar surface area (TPSA) is 66.7 Å². The number of nitro groups is 1. The van der Waals surface area contributed by atoms with Crippen LogP contribution in [0.1, 0.15) is 23.2 Å². The molecule has 7 heteroatoms. The molecule has 1 aliphatic heterocycles. The van der Waals surface area contributed by atoms with E-state index in [1.54, 1.807) is 29.3 Å². The lowest BCUT2D eigenvalue weighted by atomic mass is 10.1. The Kier molecular flexibility index (Phi) is 5.00. The standard InChI is InChI=1S/C21H18BrN3O3/c22-16-7-5-6-15(14-16)21(26)24-13-4-3-12-23(24)19-10-11-20(25(27)28)18-9-2-1-8-17(18)19/h1-2,5-11,14H,3-4,12-13H2. The Morgan fingerprint density at radius 2 is 1.71 bits per heavy atom. The second kappa shape index (κ2) is 7.59. The van der Waals surface area contributed by atoms with Crippen molar-refractivity contribution in [3.63, 3.8) is 0 Å². The van der Waals surface area contributed by atoms with Crippen molar-refractivity contribution in [2.24, 2.45) is 0 Å². The Balaban J connectivity index is 1.79. The third-order valence-corrected chi connectivity index (χ3v) is 5.43. The molecule has 0 N–H and O–H groups in total. The number of carbonyl (C=O) groups is 1. The second-order valence-electron chi connectivity index (χ2n) is 6.68. The highest BCUT2D eigenvalue weighted by atomic mass is 79.9. The summed E-state index contributed by atoms with van der Waals surface area (Å²) in [7, 11) is 0. The summed E-state index contributed by atoms with van der Waals surface area (Å²) in [5.41, 5.74) is 1.48. The largest absolute Gasteiger partial charge is 0.282 e. The zero-order chi connectivity index (χ0) is 19.7. The fraction of sp³-hybridized carbons (Fsp3) is 0.190. The highest BCUT2D eigenvalue weighted by molar-refractivity contribution is 9.10. The van der Waals surface area contributed by atoms with Gasteiger partial charge in [0.2, 0.25) is 0 Å². The van der Waals surface area contributed by atoms with Crippen LogP contribution in [-0.2, 0) is 0 Å². The van der Waals surface area contributed by atoms with E-state index >= 15 is 0 Å². The van der Waals surface area contributed by atoms with Gasteiger partial charge < -0.3 is 0 Å². The van der Waals surface area contributed by atoms with Crippen LogP contribution in [0.4, 0.5) is 11.4 Å². The summed E-state index contributed by atoms with van der Waals surface area (Å²) in [6, 6.07) is 17.9. The molecule has 0 spiro atoms. The normalized spacial score (nSPS) is 14.3. The molecule has 1 aliphatic rings. The van der Waals surface area contributed by atoms with E-state index in [9.17, 15) is 14.9 Å². The van der Waals surface area contributed by atoms with Crippen LogP contribution in [0.15, 0.2) is 65.1 Å². The molecule has 0 aromatic heterocycles. The minimum Gasteiger partial charge on any atom is -0.282 e. The van der Waals surface area contributed by atoms with Crippen molar-refractivity contribution < 1.29 is 9.72 Å². The number of anilines is 1. The Labute approximate surface area is 170 Å². The lowest BCUT2D eigenvalue weighted by Crippen LogP contribution is -2.50. The van der Waals surface area contributed by atoms with Crippen LogP contribution in [0.2, 0.25) is 0 Å². The van der Waals surface area contributed by atoms with Gasteiger partial charge in [0.15, 0.2) is 0 Å². The minimum absolute atomic E-state index is 0.0706. The predicted molar refractivity (Wildman–Crippen MR) is 112 cm³/mol. The highest BCUT2D eigenvalue weighted by Gasteiger charge is 2.28. The number of fused-ring (bicyclic) bond motifs is 1. The van der Waals surface area contributed by atoms with Gasteiger partial charge in [0, 0.05) is 34.6 Å². The molecule has 6 nitrogen and oxygen atoms in total. The number of carbonyl (C=O) groups excluding carboxylic acids is 1. The molecule has 1 fully saturated rings. The molecule has 142 valence electrons. The number of nitrogens with zero attached hydrogens (tertiary/aromatic N) is 3. The SMILES string of the molecule is O=C(c1cccc(Br)c1)N1CCCCN1c1ccc([N+](=O)[O-])c2ccccc12. The van der Waals surface area contributed by atoms with Gasteiger partial charge in [-0.1, -0.05) is 40.2 Å². The molecular formula is C21H18BrN3O3. The van der Waals surface area contributed by atoms with Crippen LogP contribution in [0.3, 0.4) is 0 Å². The number of hydrogen-bond donors (Lipinski definition) is 0. The van der Waals surface area contributed by atoms with Crippen LogP contribution in [0, 0.1) is 10.1 Å². The number of non-ortho nitro benzene ring substituents is 1. The fourth-order valence-corrected chi connectivity index (χ4v) is 4.05. The molecule has 0 bridgehead atoms. The molecule has 0 saturated carbocycles. The van der Waals surface area contributed by atoms with Gasteiger partial charge in [0.1, 0.15) is 0 Å². The first-order valence-electron chi connectivity index (χ1n) is 9.07. The summed E-state index contributed by atoms with van der Waals surface area (Å²) < 4.78 is 0.850. The fourth-order valence-electron chi connectivity index (χ4n) is 3.65. The van der Waals surface area contributed by atoms with E-state index in [-0.39, 0.29) is 16.5 Å². The summed E-state index contributed by atoms with van der Waals surface area (Å²) in [5, 5.41) is 16.5. The first kappa shape index (κ1) is 18.4. The van der Waals surface area contributed by atoms with Crippen LogP contribution in [0.5, 0.6) is 0 Å². The molecule has 3 aromatic rings. The molecule has 3 aromatic carbocycles. The molecule has 0 radical (unpaired) electrons. The molecule has 1 heterocycles. The van der Waals surface area contributed by atoms with Crippen LogP contribution >= 0.6 is 15.9 Å². The molecular weight excluding hydrogens is 422 g/mol.